The third-order valence-electron chi connectivity index (χ3n) is 4.63. The lowest BCUT2D eigenvalue weighted by atomic mass is 9.98. The standard InChI is InChI=1S/C15H29N3O/c1-3-13-7-5-4-6-10-18(13)11-15(2,14(16)19)17-12-8-9-12/h12-13,17H,3-11H2,1-2H3,(H2,16,19). The average Bonchev–Trinajstić information content (AvgIpc) is 3.16. The van der Waals surface area contributed by atoms with Gasteiger partial charge in [0.05, 0.1) is 0 Å². The van der Waals surface area contributed by atoms with Crippen LogP contribution in [-0.2, 0) is 4.79 Å². The molecule has 2 rings (SSSR count). The Labute approximate surface area is 117 Å². The van der Waals surface area contributed by atoms with Gasteiger partial charge in [-0.15, -0.1) is 0 Å². The summed E-state index contributed by atoms with van der Waals surface area (Å²) in [5, 5.41) is 3.46. The predicted molar refractivity (Wildman–Crippen MR) is 77.9 cm³/mol. The van der Waals surface area contributed by atoms with E-state index in [0.717, 1.165) is 19.5 Å². The van der Waals surface area contributed by atoms with Gasteiger partial charge in [-0.3, -0.25) is 15.0 Å². The fourth-order valence-electron chi connectivity index (χ4n) is 3.19. The number of nitrogens with one attached hydrogen (secondary N) is 1. The molecule has 3 N–H and O–H groups in total. The van der Waals surface area contributed by atoms with E-state index in [1.54, 1.807) is 0 Å². The van der Waals surface area contributed by atoms with Crippen LogP contribution >= 0.6 is 0 Å². The molecule has 0 spiro atoms. The zero-order valence-corrected chi connectivity index (χ0v) is 12.5. The van der Waals surface area contributed by atoms with Gasteiger partial charge in [0, 0.05) is 18.6 Å². The van der Waals surface area contributed by atoms with Crippen molar-refractivity contribution >= 4 is 5.91 Å². The van der Waals surface area contributed by atoms with Crippen LogP contribution in [0.15, 0.2) is 0 Å². The average molecular weight is 267 g/mol. The first kappa shape index (κ1) is 14.8. The maximum Gasteiger partial charge on any atom is 0.238 e. The molecule has 2 atom stereocenters. The fraction of sp³-hybridized carbons (Fsp3) is 0.933. The van der Waals surface area contributed by atoms with Crippen LogP contribution in [0.25, 0.3) is 0 Å². The van der Waals surface area contributed by atoms with Gasteiger partial charge in [0.2, 0.25) is 5.91 Å². The lowest BCUT2D eigenvalue weighted by molar-refractivity contribution is -0.125. The van der Waals surface area contributed by atoms with Gasteiger partial charge in [0.15, 0.2) is 0 Å². The Bertz CT molecular complexity index is 317. The highest BCUT2D eigenvalue weighted by Gasteiger charge is 2.39. The van der Waals surface area contributed by atoms with Crippen molar-refractivity contribution in [1.82, 2.24) is 10.2 Å². The maximum atomic E-state index is 11.9. The van der Waals surface area contributed by atoms with E-state index in [9.17, 15) is 4.79 Å². The summed E-state index contributed by atoms with van der Waals surface area (Å²) in [6.07, 6.45) is 8.66. The first-order chi connectivity index (χ1) is 9.05. The Kier molecular flexibility index (Phi) is 4.85. The van der Waals surface area contributed by atoms with E-state index in [1.165, 1.54) is 38.5 Å². The Morgan fingerprint density at radius 1 is 1.32 bits per heavy atom. The van der Waals surface area contributed by atoms with Crippen molar-refractivity contribution in [3.8, 4) is 0 Å². The van der Waals surface area contributed by atoms with E-state index < -0.39 is 5.54 Å². The summed E-state index contributed by atoms with van der Waals surface area (Å²) in [5.41, 5.74) is 5.09. The van der Waals surface area contributed by atoms with E-state index in [1.807, 2.05) is 6.92 Å². The number of hydrogen-bond acceptors (Lipinski definition) is 3. The molecule has 110 valence electrons. The topological polar surface area (TPSA) is 58.4 Å². The Morgan fingerprint density at radius 3 is 2.63 bits per heavy atom. The molecular weight excluding hydrogens is 238 g/mol. The number of hydrogen-bond donors (Lipinski definition) is 2. The van der Waals surface area contributed by atoms with Gasteiger partial charge in [-0.25, -0.2) is 0 Å². The normalized spacial score (nSPS) is 28.6. The molecule has 1 amide bonds. The Hall–Kier alpha value is -0.610. The van der Waals surface area contributed by atoms with Crippen LogP contribution in [0.5, 0.6) is 0 Å². The minimum absolute atomic E-state index is 0.210. The highest BCUT2D eigenvalue weighted by molar-refractivity contribution is 5.84. The summed E-state index contributed by atoms with van der Waals surface area (Å²) < 4.78 is 0. The molecule has 2 unspecified atom stereocenters. The van der Waals surface area contributed by atoms with E-state index in [2.05, 4.69) is 17.1 Å². The summed E-state index contributed by atoms with van der Waals surface area (Å²) in [7, 11) is 0. The molecule has 1 heterocycles. The molecule has 0 radical (unpaired) electrons. The Balaban J connectivity index is 2.02. The van der Waals surface area contributed by atoms with E-state index in [-0.39, 0.29) is 5.91 Å². The quantitative estimate of drug-likeness (QED) is 0.769. The molecule has 1 saturated carbocycles. The third kappa shape index (κ3) is 3.93. The number of primary amides is 1. The van der Waals surface area contributed by atoms with E-state index in [4.69, 9.17) is 5.73 Å². The third-order valence-corrected chi connectivity index (χ3v) is 4.63. The molecule has 0 bridgehead atoms. The predicted octanol–water partition coefficient (Wildman–Crippen LogP) is 1.64. The van der Waals surface area contributed by atoms with Crippen LogP contribution in [0.3, 0.4) is 0 Å². The largest absolute Gasteiger partial charge is 0.368 e. The van der Waals surface area contributed by atoms with E-state index >= 15 is 0 Å². The highest BCUT2D eigenvalue weighted by atomic mass is 16.1. The second kappa shape index (κ2) is 6.23. The van der Waals surface area contributed by atoms with Gasteiger partial charge in [0.25, 0.3) is 0 Å². The van der Waals surface area contributed by atoms with Crippen molar-refractivity contribution < 1.29 is 4.79 Å². The highest BCUT2D eigenvalue weighted by Crippen LogP contribution is 2.25. The Morgan fingerprint density at radius 2 is 2.05 bits per heavy atom. The molecule has 0 aromatic heterocycles. The van der Waals surface area contributed by atoms with Crippen molar-refractivity contribution in [3.63, 3.8) is 0 Å². The number of nitrogens with zero attached hydrogens (tertiary/aromatic N) is 1. The molecule has 1 saturated heterocycles. The van der Waals surface area contributed by atoms with Gasteiger partial charge < -0.3 is 5.73 Å². The summed E-state index contributed by atoms with van der Waals surface area (Å²) >= 11 is 0. The molecule has 19 heavy (non-hydrogen) atoms. The first-order valence-electron chi connectivity index (χ1n) is 7.87. The lowest BCUT2D eigenvalue weighted by Crippen LogP contribution is -2.61. The van der Waals surface area contributed by atoms with Gasteiger partial charge >= 0.3 is 0 Å². The monoisotopic (exact) mass is 267 g/mol. The van der Waals surface area contributed by atoms with Crippen LogP contribution in [0.4, 0.5) is 0 Å². The summed E-state index contributed by atoms with van der Waals surface area (Å²) in [4.78, 5) is 14.4. The first-order valence-corrected chi connectivity index (χ1v) is 7.87. The SMILES string of the molecule is CCC1CCCCCN1CC(C)(NC1CC1)C(N)=O. The maximum absolute atomic E-state index is 11.9. The summed E-state index contributed by atoms with van der Waals surface area (Å²) in [5.74, 6) is -0.210. The fourth-order valence-corrected chi connectivity index (χ4v) is 3.19. The van der Waals surface area contributed by atoms with Crippen LogP contribution in [0.1, 0.15) is 58.8 Å². The summed E-state index contributed by atoms with van der Waals surface area (Å²) in [6, 6.07) is 1.12. The lowest BCUT2D eigenvalue weighted by Gasteiger charge is -2.37. The zero-order chi connectivity index (χ0) is 13.9. The molecule has 4 heteroatoms. The number of carbonyl (C=O) groups excluding carboxylic acids is 1. The molecule has 0 aromatic carbocycles. The van der Waals surface area contributed by atoms with Crippen molar-refractivity contribution in [1.29, 1.82) is 0 Å². The van der Waals surface area contributed by atoms with Crippen LogP contribution in [-0.4, -0.2) is 41.5 Å². The molecule has 2 fully saturated rings. The van der Waals surface area contributed by atoms with Crippen molar-refractivity contribution in [2.45, 2.75) is 76.4 Å². The van der Waals surface area contributed by atoms with Crippen molar-refractivity contribution in [3.05, 3.63) is 0 Å². The van der Waals surface area contributed by atoms with Crippen molar-refractivity contribution in [2.75, 3.05) is 13.1 Å². The number of likely N-dealkylation sites (tertiary alicyclic amines) is 1. The van der Waals surface area contributed by atoms with Gasteiger partial charge in [-0.1, -0.05) is 19.8 Å². The van der Waals surface area contributed by atoms with E-state index in [0.29, 0.717) is 12.1 Å². The number of rotatable bonds is 6. The molecule has 4 nitrogen and oxygen atoms in total. The van der Waals surface area contributed by atoms with Gasteiger partial charge in [0.1, 0.15) is 5.54 Å². The van der Waals surface area contributed by atoms with Crippen LogP contribution < -0.4 is 11.1 Å². The number of carbonyl (C=O) groups is 1. The number of nitrogens with two attached hydrogens (primary N) is 1. The molecule has 1 aliphatic heterocycles. The van der Waals surface area contributed by atoms with Gasteiger partial charge in [-0.2, -0.15) is 0 Å². The second-order valence-electron chi connectivity index (χ2n) is 6.50. The smallest absolute Gasteiger partial charge is 0.238 e. The van der Waals surface area contributed by atoms with Crippen LogP contribution in [0.2, 0.25) is 0 Å². The second-order valence-corrected chi connectivity index (χ2v) is 6.50. The number of amides is 1. The minimum atomic E-state index is -0.571. The van der Waals surface area contributed by atoms with Crippen molar-refractivity contribution in [2.24, 2.45) is 5.73 Å². The van der Waals surface area contributed by atoms with Crippen LogP contribution in [0, 0.1) is 0 Å². The zero-order valence-electron chi connectivity index (χ0n) is 12.5. The van der Waals surface area contributed by atoms with Gasteiger partial charge in [-0.05, 0) is 45.6 Å². The summed E-state index contributed by atoms with van der Waals surface area (Å²) in [6.45, 7) is 6.09. The molecular formula is C15H29N3O. The molecule has 1 aliphatic carbocycles. The molecule has 0 aromatic rings. The molecule has 2 aliphatic rings. The minimum Gasteiger partial charge on any atom is -0.368 e.